The zero-order chi connectivity index (χ0) is 16.8. The molecular weight excluding hydrogens is 308 g/mol. The van der Waals surface area contributed by atoms with Crippen LogP contribution in [0, 0.1) is 0 Å². The first-order valence-electron chi connectivity index (χ1n) is 8.01. The van der Waals surface area contributed by atoms with Gasteiger partial charge in [-0.05, 0) is 37.0 Å². The standard InChI is InChI=1S/C17H20N4O3/c22-16(19-20-17(23)15-7-4-10-24-15)9-8-13-11-18-21(12-13)14-5-2-1-3-6-14/h1-3,5-6,11-12,15H,4,7-10H2,(H,19,22)(H,20,23). The average Bonchev–Trinajstić information content (AvgIpc) is 3.30. The Morgan fingerprint density at radius 2 is 2.08 bits per heavy atom. The molecule has 1 aromatic heterocycles. The molecule has 2 heterocycles. The summed E-state index contributed by atoms with van der Waals surface area (Å²) < 4.78 is 7.02. The van der Waals surface area contributed by atoms with Crippen LogP contribution in [0.25, 0.3) is 5.69 Å². The lowest BCUT2D eigenvalue weighted by molar-refractivity contribution is -0.134. The van der Waals surface area contributed by atoms with Crippen molar-refractivity contribution in [2.75, 3.05) is 6.61 Å². The van der Waals surface area contributed by atoms with E-state index in [1.165, 1.54) is 0 Å². The molecule has 0 aliphatic carbocycles. The van der Waals surface area contributed by atoms with Gasteiger partial charge >= 0.3 is 0 Å². The maximum Gasteiger partial charge on any atom is 0.267 e. The van der Waals surface area contributed by atoms with E-state index in [0.29, 0.717) is 19.4 Å². The number of hydrogen-bond donors (Lipinski definition) is 2. The Kier molecular flexibility index (Phi) is 5.22. The molecule has 7 heteroatoms. The Morgan fingerprint density at radius 3 is 2.83 bits per heavy atom. The van der Waals surface area contributed by atoms with Crippen LogP contribution in [0.3, 0.4) is 0 Å². The average molecular weight is 328 g/mol. The van der Waals surface area contributed by atoms with Crippen LogP contribution >= 0.6 is 0 Å². The van der Waals surface area contributed by atoms with E-state index < -0.39 is 6.10 Å². The second-order valence-corrected chi connectivity index (χ2v) is 5.67. The van der Waals surface area contributed by atoms with Crippen molar-refractivity contribution in [2.24, 2.45) is 0 Å². The molecule has 0 radical (unpaired) electrons. The minimum absolute atomic E-state index is 0.242. The number of ether oxygens (including phenoxy) is 1. The van der Waals surface area contributed by atoms with Gasteiger partial charge in [-0.25, -0.2) is 4.68 Å². The van der Waals surface area contributed by atoms with Crippen molar-refractivity contribution in [1.29, 1.82) is 0 Å². The van der Waals surface area contributed by atoms with Crippen LogP contribution in [0.4, 0.5) is 0 Å². The summed E-state index contributed by atoms with van der Waals surface area (Å²) in [4.78, 5) is 23.5. The van der Waals surface area contributed by atoms with E-state index in [4.69, 9.17) is 4.74 Å². The third-order valence-electron chi connectivity index (χ3n) is 3.84. The highest BCUT2D eigenvalue weighted by atomic mass is 16.5. The minimum atomic E-state index is -0.450. The smallest absolute Gasteiger partial charge is 0.267 e. The lowest BCUT2D eigenvalue weighted by Gasteiger charge is -2.11. The van der Waals surface area contributed by atoms with Crippen molar-refractivity contribution < 1.29 is 14.3 Å². The maximum atomic E-state index is 11.8. The fraction of sp³-hybridized carbons (Fsp3) is 0.353. The van der Waals surface area contributed by atoms with Crippen LogP contribution in [-0.4, -0.2) is 34.3 Å². The van der Waals surface area contributed by atoms with Crippen LogP contribution in [-0.2, 0) is 20.7 Å². The summed E-state index contributed by atoms with van der Waals surface area (Å²) in [5, 5.41) is 4.29. The molecule has 1 atom stereocenters. The molecule has 24 heavy (non-hydrogen) atoms. The Labute approximate surface area is 140 Å². The van der Waals surface area contributed by atoms with E-state index in [1.807, 2.05) is 36.5 Å². The molecule has 0 spiro atoms. The van der Waals surface area contributed by atoms with E-state index in [9.17, 15) is 9.59 Å². The van der Waals surface area contributed by atoms with Gasteiger partial charge in [-0.2, -0.15) is 5.10 Å². The molecule has 1 aromatic carbocycles. The largest absolute Gasteiger partial charge is 0.368 e. The minimum Gasteiger partial charge on any atom is -0.368 e. The predicted octanol–water partition coefficient (Wildman–Crippen LogP) is 1.13. The molecule has 2 amide bonds. The van der Waals surface area contributed by atoms with Crippen LogP contribution < -0.4 is 10.9 Å². The summed E-state index contributed by atoms with van der Waals surface area (Å²) in [7, 11) is 0. The van der Waals surface area contributed by atoms with Gasteiger partial charge in [0.1, 0.15) is 6.10 Å². The summed E-state index contributed by atoms with van der Waals surface area (Å²) in [5.74, 6) is -0.536. The van der Waals surface area contributed by atoms with E-state index in [1.54, 1.807) is 10.9 Å². The van der Waals surface area contributed by atoms with Crippen molar-refractivity contribution in [3.05, 3.63) is 48.3 Å². The SMILES string of the molecule is O=C(CCc1cnn(-c2ccccc2)c1)NNC(=O)C1CCCO1. The van der Waals surface area contributed by atoms with Gasteiger partial charge in [0.2, 0.25) is 5.91 Å². The molecule has 1 aliphatic rings. The topological polar surface area (TPSA) is 85.3 Å². The maximum absolute atomic E-state index is 11.8. The molecular formula is C17H20N4O3. The molecule has 126 valence electrons. The number of rotatable bonds is 5. The van der Waals surface area contributed by atoms with Gasteiger partial charge in [0.15, 0.2) is 0 Å². The number of amides is 2. The first kappa shape index (κ1) is 16.2. The number of benzene rings is 1. The molecule has 0 bridgehead atoms. The van der Waals surface area contributed by atoms with Crippen molar-refractivity contribution in [3.63, 3.8) is 0 Å². The van der Waals surface area contributed by atoms with Gasteiger partial charge in [0, 0.05) is 19.2 Å². The zero-order valence-electron chi connectivity index (χ0n) is 13.3. The van der Waals surface area contributed by atoms with E-state index in [0.717, 1.165) is 17.7 Å². The number of aryl methyl sites for hydroxylation is 1. The predicted molar refractivity (Wildman–Crippen MR) is 87.1 cm³/mol. The fourth-order valence-corrected chi connectivity index (χ4v) is 2.53. The lowest BCUT2D eigenvalue weighted by Crippen LogP contribution is -2.46. The quantitative estimate of drug-likeness (QED) is 0.806. The number of nitrogens with one attached hydrogen (secondary N) is 2. The van der Waals surface area contributed by atoms with Crippen LogP contribution in [0.2, 0.25) is 0 Å². The third-order valence-corrected chi connectivity index (χ3v) is 3.84. The van der Waals surface area contributed by atoms with E-state index in [-0.39, 0.29) is 18.2 Å². The normalized spacial score (nSPS) is 16.8. The first-order valence-corrected chi connectivity index (χ1v) is 8.01. The Bertz CT molecular complexity index is 693. The molecule has 7 nitrogen and oxygen atoms in total. The van der Waals surface area contributed by atoms with Crippen LogP contribution in [0.1, 0.15) is 24.8 Å². The second kappa shape index (κ2) is 7.74. The highest BCUT2D eigenvalue weighted by Gasteiger charge is 2.23. The third kappa shape index (κ3) is 4.20. The van der Waals surface area contributed by atoms with Crippen molar-refractivity contribution in [3.8, 4) is 5.69 Å². The Hall–Kier alpha value is -2.67. The van der Waals surface area contributed by atoms with E-state index in [2.05, 4.69) is 16.0 Å². The monoisotopic (exact) mass is 328 g/mol. The fourth-order valence-electron chi connectivity index (χ4n) is 2.53. The lowest BCUT2D eigenvalue weighted by atomic mass is 10.2. The first-order chi connectivity index (χ1) is 11.7. The molecule has 2 aromatic rings. The summed E-state index contributed by atoms with van der Waals surface area (Å²) in [6.07, 6.45) is 5.58. The number of aromatic nitrogens is 2. The molecule has 1 fully saturated rings. The number of carbonyl (C=O) groups is 2. The number of hydrogen-bond acceptors (Lipinski definition) is 4. The molecule has 1 unspecified atom stereocenters. The highest BCUT2D eigenvalue weighted by molar-refractivity contribution is 5.84. The summed E-state index contributed by atoms with van der Waals surface area (Å²) >= 11 is 0. The van der Waals surface area contributed by atoms with Gasteiger partial charge in [0.05, 0.1) is 11.9 Å². The summed E-state index contributed by atoms with van der Waals surface area (Å²) in [5.41, 5.74) is 6.76. The molecule has 1 saturated heterocycles. The van der Waals surface area contributed by atoms with Crippen molar-refractivity contribution in [2.45, 2.75) is 31.8 Å². The van der Waals surface area contributed by atoms with Gasteiger partial charge in [-0.15, -0.1) is 0 Å². The van der Waals surface area contributed by atoms with Gasteiger partial charge in [0.25, 0.3) is 5.91 Å². The number of carbonyl (C=O) groups excluding carboxylic acids is 2. The molecule has 1 aliphatic heterocycles. The van der Waals surface area contributed by atoms with Crippen molar-refractivity contribution in [1.82, 2.24) is 20.6 Å². The number of hydrazine groups is 1. The summed E-state index contributed by atoms with van der Waals surface area (Å²) in [6, 6.07) is 9.76. The molecule has 0 saturated carbocycles. The van der Waals surface area contributed by atoms with Crippen LogP contribution in [0.15, 0.2) is 42.7 Å². The number of nitrogens with zero attached hydrogens (tertiary/aromatic N) is 2. The van der Waals surface area contributed by atoms with E-state index >= 15 is 0 Å². The van der Waals surface area contributed by atoms with Crippen molar-refractivity contribution >= 4 is 11.8 Å². The molecule has 2 N–H and O–H groups in total. The Balaban J connectivity index is 1.43. The van der Waals surface area contributed by atoms with Gasteiger partial charge in [-0.3, -0.25) is 20.4 Å². The molecule has 3 rings (SSSR count). The van der Waals surface area contributed by atoms with Crippen LogP contribution in [0.5, 0.6) is 0 Å². The summed E-state index contributed by atoms with van der Waals surface area (Å²) in [6.45, 7) is 0.595. The number of para-hydroxylation sites is 1. The highest BCUT2D eigenvalue weighted by Crippen LogP contribution is 2.11. The Morgan fingerprint density at radius 1 is 1.25 bits per heavy atom. The second-order valence-electron chi connectivity index (χ2n) is 5.67. The van der Waals surface area contributed by atoms with Gasteiger partial charge in [-0.1, -0.05) is 18.2 Å². The van der Waals surface area contributed by atoms with Gasteiger partial charge < -0.3 is 4.74 Å². The zero-order valence-corrected chi connectivity index (χ0v) is 13.3.